The van der Waals surface area contributed by atoms with E-state index in [0.717, 1.165) is 80.9 Å². The Balaban J connectivity index is 1.53. The lowest BCUT2D eigenvalue weighted by Crippen LogP contribution is -2.32. The standard InChI is InChI=1S/C25H31N5O2/c1-3-32-16-4-12-27-25-22-18-30(17-19-5-7-21(31-2)8-6-19)15-11-23(22)28-24(29-25)20-9-13-26-14-10-20/h5-10,13-14H,3-4,11-12,15-18H2,1-2H3,(H,27,28,29). The average molecular weight is 434 g/mol. The summed E-state index contributed by atoms with van der Waals surface area (Å²) in [7, 11) is 1.69. The fraction of sp³-hybridized carbons (Fsp3) is 0.400. The highest BCUT2D eigenvalue weighted by molar-refractivity contribution is 5.59. The molecule has 1 N–H and O–H groups in total. The SMILES string of the molecule is CCOCCCNc1nc(-c2ccncc2)nc2c1CN(Cc1ccc(OC)cc1)CC2. The molecule has 0 saturated heterocycles. The van der Waals surface area contributed by atoms with Crippen LogP contribution in [0.15, 0.2) is 48.8 Å². The fourth-order valence-corrected chi connectivity index (χ4v) is 3.90. The summed E-state index contributed by atoms with van der Waals surface area (Å²) in [6.45, 7) is 7.01. The highest BCUT2D eigenvalue weighted by Gasteiger charge is 2.23. The summed E-state index contributed by atoms with van der Waals surface area (Å²) in [4.78, 5) is 16.4. The van der Waals surface area contributed by atoms with E-state index in [4.69, 9.17) is 19.4 Å². The molecule has 1 aromatic carbocycles. The molecule has 7 nitrogen and oxygen atoms in total. The molecule has 2 aromatic heterocycles. The van der Waals surface area contributed by atoms with Gasteiger partial charge in [0.2, 0.25) is 0 Å². The summed E-state index contributed by atoms with van der Waals surface area (Å²) in [5, 5.41) is 3.55. The first-order valence-corrected chi connectivity index (χ1v) is 11.2. The summed E-state index contributed by atoms with van der Waals surface area (Å²) >= 11 is 0. The molecule has 0 radical (unpaired) electrons. The number of benzene rings is 1. The van der Waals surface area contributed by atoms with Crippen molar-refractivity contribution in [2.45, 2.75) is 32.9 Å². The van der Waals surface area contributed by atoms with E-state index < -0.39 is 0 Å². The number of nitrogens with zero attached hydrogens (tertiary/aromatic N) is 4. The first-order valence-electron chi connectivity index (χ1n) is 11.2. The van der Waals surface area contributed by atoms with Crippen molar-refractivity contribution in [3.05, 3.63) is 65.6 Å². The summed E-state index contributed by atoms with van der Waals surface area (Å²) in [5.74, 6) is 2.56. The van der Waals surface area contributed by atoms with Gasteiger partial charge in [0.15, 0.2) is 5.82 Å². The van der Waals surface area contributed by atoms with Gasteiger partial charge in [0.1, 0.15) is 11.6 Å². The maximum absolute atomic E-state index is 5.48. The van der Waals surface area contributed by atoms with Gasteiger partial charge in [0, 0.05) is 69.3 Å². The molecule has 0 bridgehead atoms. The van der Waals surface area contributed by atoms with Gasteiger partial charge in [-0.2, -0.15) is 0 Å². The molecule has 0 fully saturated rings. The van der Waals surface area contributed by atoms with Crippen molar-refractivity contribution in [1.82, 2.24) is 19.9 Å². The second kappa shape index (κ2) is 11.0. The van der Waals surface area contributed by atoms with E-state index in [2.05, 4.69) is 27.3 Å². The average Bonchev–Trinajstić information content (AvgIpc) is 2.85. The Morgan fingerprint density at radius 2 is 1.88 bits per heavy atom. The van der Waals surface area contributed by atoms with Crippen molar-refractivity contribution in [1.29, 1.82) is 0 Å². The summed E-state index contributed by atoms with van der Waals surface area (Å²) in [6, 6.07) is 12.2. The number of methoxy groups -OCH3 is 1. The van der Waals surface area contributed by atoms with E-state index >= 15 is 0 Å². The van der Waals surface area contributed by atoms with Crippen molar-refractivity contribution in [3.8, 4) is 17.1 Å². The summed E-state index contributed by atoms with van der Waals surface area (Å²) in [6.07, 6.45) is 5.40. The number of hydrogen-bond acceptors (Lipinski definition) is 7. The van der Waals surface area contributed by atoms with Crippen molar-refractivity contribution >= 4 is 5.82 Å². The number of nitrogens with one attached hydrogen (secondary N) is 1. The number of aromatic nitrogens is 3. The van der Waals surface area contributed by atoms with Crippen LogP contribution in [0.2, 0.25) is 0 Å². The number of anilines is 1. The lowest BCUT2D eigenvalue weighted by atomic mass is 10.0. The van der Waals surface area contributed by atoms with E-state index in [-0.39, 0.29) is 0 Å². The Bertz CT molecular complexity index is 995. The van der Waals surface area contributed by atoms with E-state index in [1.54, 1.807) is 19.5 Å². The van der Waals surface area contributed by atoms with Gasteiger partial charge >= 0.3 is 0 Å². The molecule has 0 amide bonds. The highest BCUT2D eigenvalue weighted by atomic mass is 16.5. The van der Waals surface area contributed by atoms with Gasteiger partial charge in [-0.15, -0.1) is 0 Å². The van der Waals surface area contributed by atoms with Crippen molar-refractivity contribution < 1.29 is 9.47 Å². The zero-order valence-electron chi connectivity index (χ0n) is 18.9. The Morgan fingerprint density at radius 3 is 2.62 bits per heavy atom. The van der Waals surface area contributed by atoms with Crippen LogP contribution < -0.4 is 10.1 Å². The van der Waals surface area contributed by atoms with Crippen LogP contribution in [0.1, 0.15) is 30.2 Å². The monoisotopic (exact) mass is 433 g/mol. The predicted octanol–water partition coefficient (Wildman–Crippen LogP) is 3.94. The van der Waals surface area contributed by atoms with Crippen LogP contribution in [0.25, 0.3) is 11.4 Å². The summed E-state index contributed by atoms with van der Waals surface area (Å²) < 4.78 is 10.8. The molecule has 0 aliphatic carbocycles. The van der Waals surface area contributed by atoms with Crippen LogP contribution in [-0.4, -0.2) is 53.3 Å². The smallest absolute Gasteiger partial charge is 0.161 e. The van der Waals surface area contributed by atoms with Gasteiger partial charge < -0.3 is 14.8 Å². The molecule has 32 heavy (non-hydrogen) atoms. The largest absolute Gasteiger partial charge is 0.497 e. The lowest BCUT2D eigenvalue weighted by Gasteiger charge is -2.30. The lowest BCUT2D eigenvalue weighted by molar-refractivity contribution is 0.147. The Hall–Kier alpha value is -3.03. The van der Waals surface area contributed by atoms with Gasteiger partial charge in [-0.05, 0) is 43.2 Å². The third-order valence-electron chi connectivity index (χ3n) is 5.61. The molecular formula is C25H31N5O2. The van der Waals surface area contributed by atoms with Crippen LogP contribution >= 0.6 is 0 Å². The molecule has 4 rings (SSSR count). The van der Waals surface area contributed by atoms with Gasteiger partial charge in [0.25, 0.3) is 0 Å². The summed E-state index contributed by atoms with van der Waals surface area (Å²) in [5.41, 5.74) is 4.58. The minimum atomic E-state index is 0.745. The fourth-order valence-electron chi connectivity index (χ4n) is 3.90. The number of rotatable bonds is 10. The van der Waals surface area contributed by atoms with Gasteiger partial charge in [-0.1, -0.05) is 12.1 Å². The number of pyridine rings is 1. The van der Waals surface area contributed by atoms with E-state index in [1.165, 1.54) is 11.1 Å². The highest BCUT2D eigenvalue weighted by Crippen LogP contribution is 2.28. The third kappa shape index (κ3) is 5.60. The minimum Gasteiger partial charge on any atom is -0.497 e. The second-order valence-corrected chi connectivity index (χ2v) is 7.84. The zero-order valence-corrected chi connectivity index (χ0v) is 18.9. The molecule has 1 aliphatic heterocycles. The predicted molar refractivity (Wildman–Crippen MR) is 126 cm³/mol. The molecule has 168 valence electrons. The van der Waals surface area contributed by atoms with E-state index in [1.807, 2.05) is 31.2 Å². The molecule has 3 aromatic rings. The normalized spacial score (nSPS) is 13.6. The number of fused-ring (bicyclic) bond motifs is 1. The maximum atomic E-state index is 5.48. The van der Waals surface area contributed by atoms with Gasteiger partial charge in [0.05, 0.1) is 12.8 Å². The van der Waals surface area contributed by atoms with Gasteiger partial charge in [-0.25, -0.2) is 9.97 Å². The van der Waals surface area contributed by atoms with Crippen LogP contribution in [0.5, 0.6) is 5.75 Å². The minimum absolute atomic E-state index is 0.745. The second-order valence-electron chi connectivity index (χ2n) is 7.84. The number of ether oxygens (including phenoxy) is 2. The first kappa shape index (κ1) is 22.2. The molecular weight excluding hydrogens is 402 g/mol. The molecule has 0 unspecified atom stereocenters. The molecule has 0 spiro atoms. The van der Waals surface area contributed by atoms with Crippen molar-refractivity contribution in [3.63, 3.8) is 0 Å². The van der Waals surface area contributed by atoms with Crippen LogP contribution in [-0.2, 0) is 24.2 Å². The van der Waals surface area contributed by atoms with Crippen molar-refractivity contribution in [2.75, 3.05) is 38.7 Å². The Morgan fingerprint density at radius 1 is 1.06 bits per heavy atom. The van der Waals surface area contributed by atoms with Crippen LogP contribution in [0.3, 0.4) is 0 Å². The molecule has 0 atom stereocenters. The van der Waals surface area contributed by atoms with Crippen molar-refractivity contribution in [2.24, 2.45) is 0 Å². The third-order valence-corrected chi connectivity index (χ3v) is 5.61. The zero-order chi connectivity index (χ0) is 22.2. The van der Waals surface area contributed by atoms with Crippen LogP contribution in [0, 0.1) is 0 Å². The molecule has 1 aliphatic rings. The number of hydrogen-bond donors (Lipinski definition) is 1. The van der Waals surface area contributed by atoms with E-state index in [0.29, 0.717) is 0 Å². The van der Waals surface area contributed by atoms with Gasteiger partial charge in [-0.3, -0.25) is 9.88 Å². The molecule has 7 heteroatoms. The Kier molecular flexibility index (Phi) is 7.64. The topological polar surface area (TPSA) is 72.4 Å². The molecule has 3 heterocycles. The first-order chi connectivity index (χ1) is 15.8. The maximum Gasteiger partial charge on any atom is 0.161 e. The quantitative estimate of drug-likeness (QED) is 0.486. The van der Waals surface area contributed by atoms with E-state index in [9.17, 15) is 0 Å². The Labute approximate surface area is 189 Å². The molecule has 0 saturated carbocycles. The van der Waals surface area contributed by atoms with Crippen LogP contribution in [0.4, 0.5) is 5.82 Å².